The Labute approximate surface area is 179 Å². The highest BCUT2D eigenvalue weighted by molar-refractivity contribution is 5.92. The summed E-state index contributed by atoms with van der Waals surface area (Å²) in [5, 5.41) is 10.9. The van der Waals surface area contributed by atoms with Crippen LogP contribution >= 0.6 is 0 Å². The SMILES string of the molecule is C=C1C(=O)O[C@@H]2[C@H]1[C@@H](OC(=O)/C(C)=C\COC(C)=O)C[C@]1(CO1)[C@H]1[C@@H](O)[C@H]3O[C@@]3(C)[C@@H]21. The maximum Gasteiger partial charge on any atom is 0.334 e. The molecule has 0 bridgehead atoms. The highest BCUT2D eigenvalue weighted by Gasteiger charge is 2.81. The molecule has 9 heteroatoms. The van der Waals surface area contributed by atoms with Crippen LogP contribution in [-0.2, 0) is 38.1 Å². The number of esters is 3. The number of carbonyl (C=O) groups excluding carboxylic acids is 3. The Morgan fingerprint density at radius 3 is 2.68 bits per heavy atom. The molecule has 0 unspecified atom stereocenters. The summed E-state index contributed by atoms with van der Waals surface area (Å²) in [4.78, 5) is 36.1. The molecule has 0 aromatic carbocycles. The summed E-state index contributed by atoms with van der Waals surface area (Å²) < 4.78 is 28.1. The van der Waals surface area contributed by atoms with E-state index < -0.39 is 53.3 Å². The lowest BCUT2D eigenvalue weighted by Crippen LogP contribution is -2.44. The van der Waals surface area contributed by atoms with Gasteiger partial charge in [0.05, 0.1) is 18.6 Å². The Hall–Kier alpha value is -2.23. The maximum atomic E-state index is 12.8. The molecule has 1 N–H and O–H groups in total. The highest BCUT2D eigenvalue weighted by Crippen LogP contribution is 2.67. The number of hydrogen-bond donors (Lipinski definition) is 1. The van der Waals surface area contributed by atoms with Crippen LogP contribution in [0.1, 0.15) is 27.2 Å². The van der Waals surface area contributed by atoms with Crippen molar-refractivity contribution >= 4 is 17.9 Å². The number of epoxide rings is 2. The van der Waals surface area contributed by atoms with Crippen LogP contribution in [0.2, 0.25) is 0 Å². The number of aliphatic hydroxyl groups is 1. The van der Waals surface area contributed by atoms with Crippen LogP contribution in [0, 0.1) is 17.8 Å². The number of hydrogen-bond acceptors (Lipinski definition) is 9. The molecule has 2 saturated carbocycles. The summed E-state index contributed by atoms with van der Waals surface area (Å²) in [6.07, 6.45) is -0.603. The molecule has 1 spiro atoms. The minimum atomic E-state index is -0.745. The predicted molar refractivity (Wildman–Crippen MR) is 102 cm³/mol. The summed E-state index contributed by atoms with van der Waals surface area (Å²) in [6.45, 7) is 9.07. The average molecular weight is 434 g/mol. The van der Waals surface area contributed by atoms with Gasteiger partial charge in [0, 0.05) is 36.3 Å². The second kappa shape index (κ2) is 6.63. The van der Waals surface area contributed by atoms with E-state index in [0.29, 0.717) is 13.0 Å². The fraction of sp³-hybridized carbons (Fsp3) is 0.682. The first-order chi connectivity index (χ1) is 14.6. The third kappa shape index (κ3) is 2.97. The molecule has 0 amide bonds. The molecule has 9 atom stereocenters. The number of ether oxygens (including phenoxy) is 5. The van der Waals surface area contributed by atoms with Gasteiger partial charge in [0.25, 0.3) is 0 Å². The maximum absolute atomic E-state index is 12.8. The van der Waals surface area contributed by atoms with Crippen LogP contribution in [0.15, 0.2) is 23.8 Å². The quantitative estimate of drug-likeness (QED) is 0.290. The van der Waals surface area contributed by atoms with Crippen molar-refractivity contribution in [2.75, 3.05) is 13.2 Å². The molecule has 3 saturated heterocycles. The second-order valence-electron chi connectivity index (χ2n) is 9.38. The second-order valence-corrected chi connectivity index (χ2v) is 9.38. The van der Waals surface area contributed by atoms with Crippen molar-refractivity contribution in [2.45, 2.75) is 62.8 Å². The number of carbonyl (C=O) groups is 3. The van der Waals surface area contributed by atoms with Crippen LogP contribution < -0.4 is 0 Å². The van der Waals surface area contributed by atoms with Gasteiger partial charge in [0.15, 0.2) is 0 Å². The van der Waals surface area contributed by atoms with E-state index in [1.165, 1.54) is 13.0 Å². The minimum absolute atomic E-state index is 0.0399. The molecule has 2 aliphatic carbocycles. The van der Waals surface area contributed by atoms with Gasteiger partial charge in [0.2, 0.25) is 0 Å². The normalized spacial score (nSPS) is 47.1. The molecule has 9 nitrogen and oxygen atoms in total. The van der Waals surface area contributed by atoms with E-state index in [2.05, 4.69) is 6.58 Å². The Kier molecular flexibility index (Phi) is 4.42. The lowest BCUT2D eigenvalue weighted by atomic mass is 9.76. The Morgan fingerprint density at radius 1 is 1.32 bits per heavy atom. The van der Waals surface area contributed by atoms with Gasteiger partial charge in [-0.3, -0.25) is 4.79 Å². The van der Waals surface area contributed by atoms with Crippen LogP contribution in [0.5, 0.6) is 0 Å². The van der Waals surface area contributed by atoms with Gasteiger partial charge in [-0.2, -0.15) is 0 Å². The van der Waals surface area contributed by atoms with Gasteiger partial charge >= 0.3 is 17.9 Å². The molecule has 5 fully saturated rings. The first kappa shape index (κ1) is 20.7. The lowest BCUT2D eigenvalue weighted by Gasteiger charge is -2.33. The smallest absolute Gasteiger partial charge is 0.334 e. The molecular formula is C22H26O9. The highest BCUT2D eigenvalue weighted by atomic mass is 16.6. The standard InChI is InChI=1S/C22H26O9/c1-9(5-6-27-11(3)23)19(25)29-12-7-22(8-28-22)14-15(21(4)18(31-21)16(14)24)17-13(12)10(2)20(26)30-17/h5,12-18,24H,2,6-8H2,1,3-4H3/b9-5-/t12-,13+,14+,15+,16+,17+,18+,21-,22-/m0/s1. The molecule has 31 heavy (non-hydrogen) atoms. The predicted octanol–water partition coefficient (Wildman–Crippen LogP) is 0.442. The molecule has 3 aliphatic heterocycles. The van der Waals surface area contributed by atoms with Crippen molar-refractivity contribution in [3.8, 4) is 0 Å². The number of fused-ring (bicyclic) bond motifs is 6. The molecule has 168 valence electrons. The van der Waals surface area contributed by atoms with E-state index in [-0.39, 0.29) is 35.7 Å². The zero-order chi connectivity index (χ0) is 22.3. The van der Waals surface area contributed by atoms with Crippen molar-refractivity contribution in [3.05, 3.63) is 23.8 Å². The van der Waals surface area contributed by atoms with Gasteiger partial charge in [-0.25, -0.2) is 9.59 Å². The Morgan fingerprint density at radius 2 is 2.03 bits per heavy atom. The lowest BCUT2D eigenvalue weighted by molar-refractivity contribution is -0.150. The molecule has 5 aliphatic rings. The molecule has 0 radical (unpaired) electrons. The van der Waals surface area contributed by atoms with Crippen LogP contribution in [0.25, 0.3) is 0 Å². The number of aliphatic hydroxyl groups excluding tert-OH is 1. The van der Waals surface area contributed by atoms with Crippen molar-refractivity contribution in [3.63, 3.8) is 0 Å². The monoisotopic (exact) mass is 434 g/mol. The summed E-state index contributed by atoms with van der Waals surface area (Å²) in [7, 11) is 0. The van der Waals surface area contributed by atoms with Gasteiger partial charge < -0.3 is 28.8 Å². The van der Waals surface area contributed by atoms with E-state index in [1.54, 1.807) is 6.92 Å². The average Bonchev–Trinajstić information content (AvgIpc) is 3.57. The molecule has 3 heterocycles. The summed E-state index contributed by atoms with van der Waals surface area (Å²) in [5.41, 5.74) is -0.735. The van der Waals surface area contributed by atoms with Crippen molar-refractivity contribution in [1.29, 1.82) is 0 Å². The van der Waals surface area contributed by atoms with Crippen LogP contribution in [-0.4, -0.2) is 71.8 Å². The Balaban J connectivity index is 1.44. The Bertz CT molecular complexity index is 903. The summed E-state index contributed by atoms with van der Waals surface area (Å²) in [6, 6.07) is 0. The van der Waals surface area contributed by atoms with Gasteiger partial charge in [0.1, 0.15) is 36.1 Å². The first-order valence-corrected chi connectivity index (χ1v) is 10.5. The minimum Gasteiger partial charge on any atom is -0.462 e. The van der Waals surface area contributed by atoms with Crippen LogP contribution in [0.3, 0.4) is 0 Å². The third-order valence-corrected chi connectivity index (χ3v) is 7.56. The van der Waals surface area contributed by atoms with Gasteiger partial charge in [-0.15, -0.1) is 0 Å². The first-order valence-electron chi connectivity index (χ1n) is 10.5. The fourth-order valence-corrected chi connectivity index (χ4v) is 5.90. The van der Waals surface area contributed by atoms with E-state index in [0.717, 1.165) is 0 Å². The molecule has 5 rings (SSSR count). The van der Waals surface area contributed by atoms with Gasteiger partial charge in [-0.05, 0) is 19.9 Å². The van der Waals surface area contributed by atoms with E-state index in [1.807, 2.05) is 6.92 Å². The number of rotatable bonds is 4. The van der Waals surface area contributed by atoms with Crippen LogP contribution in [0.4, 0.5) is 0 Å². The van der Waals surface area contributed by atoms with E-state index in [9.17, 15) is 19.5 Å². The zero-order valence-corrected chi connectivity index (χ0v) is 17.7. The van der Waals surface area contributed by atoms with Crippen molar-refractivity contribution in [1.82, 2.24) is 0 Å². The summed E-state index contributed by atoms with van der Waals surface area (Å²) >= 11 is 0. The van der Waals surface area contributed by atoms with Crippen molar-refractivity contribution in [2.24, 2.45) is 17.8 Å². The topological polar surface area (TPSA) is 124 Å². The zero-order valence-electron chi connectivity index (χ0n) is 17.7. The van der Waals surface area contributed by atoms with Crippen molar-refractivity contribution < 1.29 is 43.2 Å². The summed E-state index contributed by atoms with van der Waals surface area (Å²) in [5.74, 6) is -2.68. The van der Waals surface area contributed by atoms with E-state index >= 15 is 0 Å². The van der Waals surface area contributed by atoms with Gasteiger partial charge in [-0.1, -0.05) is 6.58 Å². The van der Waals surface area contributed by atoms with E-state index in [4.69, 9.17) is 23.7 Å². The molecule has 0 aromatic heterocycles. The molecular weight excluding hydrogens is 408 g/mol. The molecule has 0 aromatic rings. The third-order valence-electron chi connectivity index (χ3n) is 7.56. The largest absolute Gasteiger partial charge is 0.462 e. The fourth-order valence-electron chi connectivity index (χ4n) is 5.90.